The molecule has 0 fully saturated rings. The van der Waals surface area contributed by atoms with Crippen LogP contribution in [0.3, 0.4) is 0 Å². The summed E-state index contributed by atoms with van der Waals surface area (Å²) < 4.78 is 0. The second kappa shape index (κ2) is 4.74. The van der Waals surface area contributed by atoms with Gasteiger partial charge in [-0.05, 0) is 23.3 Å². The SMILES string of the molecule is C=CC/C(=C/O)c1c(O)ccc2ccccc12. The molecule has 0 atom stereocenters. The van der Waals surface area contributed by atoms with Gasteiger partial charge in [0.1, 0.15) is 5.75 Å². The van der Waals surface area contributed by atoms with Crippen LogP contribution in [-0.4, -0.2) is 10.2 Å². The third-order valence-electron chi connectivity index (χ3n) is 2.75. The standard InChI is InChI=1S/C15H14O2/c1-2-5-12(10-16)15-13-7-4-3-6-11(13)8-9-14(15)17/h2-4,6-10,16-17H,1,5H2/b12-10-. The van der Waals surface area contributed by atoms with Gasteiger partial charge in [0.25, 0.3) is 0 Å². The van der Waals surface area contributed by atoms with E-state index in [9.17, 15) is 10.2 Å². The molecule has 2 heteroatoms. The number of aliphatic hydroxyl groups excluding tert-OH is 1. The highest BCUT2D eigenvalue weighted by molar-refractivity contribution is 5.96. The average Bonchev–Trinajstić information content (AvgIpc) is 2.37. The van der Waals surface area contributed by atoms with Gasteiger partial charge in [-0.3, -0.25) is 0 Å². The Hall–Kier alpha value is -2.22. The van der Waals surface area contributed by atoms with Gasteiger partial charge < -0.3 is 10.2 Å². The van der Waals surface area contributed by atoms with Crippen LogP contribution in [0.5, 0.6) is 5.75 Å². The van der Waals surface area contributed by atoms with E-state index in [-0.39, 0.29) is 5.75 Å². The van der Waals surface area contributed by atoms with Gasteiger partial charge in [0.2, 0.25) is 0 Å². The maximum absolute atomic E-state index is 9.95. The minimum Gasteiger partial charge on any atom is -0.515 e. The molecular weight excluding hydrogens is 212 g/mol. The Morgan fingerprint density at radius 3 is 2.65 bits per heavy atom. The van der Waals surface area contributed by atoms with E-state index in [4.69, 9.17) is 0 Å². The van der Waals surface area contributed by atoms with Gasteiger partial charge in [-0.15, -0.1) is 6.58 Å². The highest BCUT2D eigenvalue weighted by atomic mass is 16.3. The summed E-state index contributed by atoms with van der Waals surface area (Å²) >= 11 is 0. The lowest BCUT2D eigenvalue weighted by molar-refractivity contribution is 0.466. The van der Waals surface area contributed by atoms with E-state index in [1.54, 1.807) is 12.1 Å². The molecule has 0 heterocycles. The summed E-state index contributed by atoms with van der Waals surface area (Å²) in [6, 6.07) is 11.3. The van der Waals surface area contributed by atoms with Crippen molar-refractivity contribution in [3.8, 4) is 5.75 Å². The Morgan fingerprint density at radius 1 is 1.18 bits per heavy atom. The molecule has 0 saturated carbocycles. The first-order chi connectivity index (χ1) is 8.27. The molecule has 86 valence electrons. The van der Waals surface area contributed by atoms with Crippen LogP contribution < -0.4 is 0 Å². The van der Waals surface area contributed by atoms with Crippen LogP contribution >= 0.6 is 0 Å². The Labute approximate surface area is 100 Å². The summed E-state index contributed by atoms with van der Waals surface area (Å²) in [6.07, 6.45) is 3.24. The van der Waals surface area contributed by atoms with E-state index in [1.165, 1.54) is 0 Å². The number of phenolic OH excluding ortho intramolecular Hbond substituents is 1. The van der Waals surface area contributed by atoms with E-state index in [0.717, 1.165) is 17.0 Å². The minimum absolute atomic E-state index is 0.172. The number of aromatic hydroxyl groups is 1. The zero-order valence-electron chi connectivity index (χ0n) is 9.43. The Balaban J connectivity index is 2.74. The van der Waals surface area contributed by atoms with Gasteiger partial charge in [0, 0.05) is 11.1 Å². The van der Waals surface area contributed by atoms with Crippen molar-refractivity contribution in [3.63, 3.8) is 0 Å². The number of phenols is 1. The van der Waals surface area contributed by atoms with Crippen LogP contribution in [0.4, 0.5) is 0 Å². The smallest absolute Gasteiger partial charge is 0.123 e. The van der Waals surface area contributed by atoms with E-state index in [1.807, 2.05) is 30.3 Å². The second-order valence-electron chi connectivity index (χ2n) is 3.83. The molecule has 0 spiro atoms. The minimum atomic E-state index is 0.172. The number of rotatable bonds is 3. The Kier molecular flexibility index (Phi) is 3.15. The molecule has 2 aromatic carbocycles. The zero-order valence-corrected chi connectivity index (χ0v) is 9.43. The summed E-state index contributed by atoms with van der Waals surface area (Å²) in [5, 5.41) is 21.2. The lowest BCUT2D eigenvalue weighted by Crippen LogP contribution is -1.88. The molecule has 0 bridgehead atoms. The molecule has 0 aromatic heterocycles. The van der Waals surface area contributed by atoms with E-state index in [2.05, 4.69) is 6.58 Å². The normalized spacial score (nSPS) is 11.6. The van der Waals surface area contributed by atoms with Crippen molar-refractivity contribution in [1.82, 2.24) is 0 Å². The molecule has 2 rings (SSSR count). The lowest BCUT2D eigenvalue weighted by Gasteiger charge is -2.10. The molecule has 2 aromatic rings. The van der Waals surface area contributed by atoms with Crippen molar-refractivity contribution in [1.29, 1.82) is 0 Å². The average molecular weight is 226 g/mol. The number of benzene rings is 2. The summed E-state index contributed by atoms with van der Waals surface area (Å²) in [5.41, 5.74) is 1.33. The fourth-order valence-electron chi connectivity index (χ4n) is 1.97. The quantitative estimate of drug-likeness (QED) is 0.613. The van der Waals surface area contributed by atoms with Crippen molar-refractivity contribution in [2.75, 3.05) is 0 Å². The van der Waals surface area contributed by atoms with Crippen LogP contribution in [-0.2, 0) is 0 Å². The van der Waals surface area contributed by atoms with Crippen molar-refractivity contribution < 1.29 is 10.2 Å². The number of hydrogen-bond donors (Lipinski definition) is 2. The predicted molar refractivity (Wildman–Crippen MR) is 71.0 cm³/mol. The fourth-order valence-corrected chi connectivity index (χ4v) is 1.97. The molecule has 0 saturated heterocycles. The largest absolute Gasteiger partial charge is 0.515 e. The summed E-state index contributed by atoms with van der Waals surface area (Å²) in [4.78, 5) is 0. The first-order valence-electron chi connectivity index (χ1n) is 5.43. The molecule has 2 nitrogen and oxygen atoms in total. The molecule has 2 N–H and O–H groups in total. The molecule has 0 amide bonds. The van der Waals surface area contributed by atoms with Gasteiger partial charge in [-0.2, -0.15) is 0 Å². The summed E-state index contributed by atoms with van der Waals surface area (Å²) in [7, 11) is 0. The van der Waals surface area contributed by atoms with Gasteiger partial charge >= 0.3 is 0 Å². The first kappa shape index (κ1) is 11.3. The van der Waals surface area contributed by atoms with Crippen LogP contribution in [0.2, 0.25) is 0 Å². The second-order valence-corrected chi connectivity index (χ2v) is 3.83. The van der Waals surface area contributed by atoms with Crippen LogP contribution in [0.25, 0.3) is 16.3 Å². The van der Waals surface area contributed by atoms with Gasteiger partial charge in [0.05, 0.1) is 6.26 Å². The van der Waals surface area contributed by atoms with Gasteiger partial charge in [-0.1, -0.05) is 36.4 Å². The first-order valence-corrected chi connectivity index (χ1v) is 5.43. The van der Waals surface area contributed by atoms with E-state index in [0.29, 0.717) is 17.6 Å². The Bertz CT molecular complexity index is 582. The number of allylic oxidation sites excluding steroid dienone is 2. The van der Waals surface area contributed by atoms with Crippen molar-refractivity contribution in [2.45, 2.75) is 6.42 Å². The monoisotopic (exact) mass is 226 g/mol. The van der Waals surface area contributed by atoms with Crippen LogP contribution in [0.15, 0.2) is 55.3 Å². The maximum atomic E-state index is 9.95. The number of aliphatic hydroxyl groups is 1. The number of fused-ring (bicyclic) bond motifs is 1. The highest BCUT2D eigenvalue weighted by Crippen LogP contribution is 2.34. The molecule has 0 aliphatic heterocycles. The van der Waals surface area contributed by atoms with Crippen molar-refractivity contribution in [2.24, 2.45) is 0 Å². The van der Waals surface area contributed by atoms with E-state index < -0.39 is 0 Å². The third kappa shape index (κ3) is 2.02. The third-order valence-corrected chi connectivity index (χ3v) is 2.75. The Morgan fingerprint density at radius 2 is 1.94 bits per heavy atom. The van der Waals surface area contributed by atoms with Crippen molar-refractivity contribution in [3.05, 3.63) is 60.9 Å². The molecule has 0 radical (unpaired) electrons. The fraction of sp³-hybridized carbons (Fsp3) is 0.0667. The summed E-state index contributed by atoms with van der Waals surface area (Å²) in [5.74, 6) is 0.172. The zero-order chi connectivity index (χ0) is 12.3. The molecule has 0 unspecified atom stereocenters. The molecular formula is C15H14O2. The van der Waals surface area contributed by atoms with Crippen molar-refractivity contribution >= 4 is 16.3 Å². The van der Waals surface area contributed by atoms with Gasteiger partial charge in [0.15, 0.2) is 0 Å². The van der Waals surface area contributed by atoms with Crippen LogP contribution in [0.1, 0.15) is 12.0 Å². The predicted octanol–water partition coefficient (Wildman–Crippen LogP) is 4.02. The number of hydrogen-bond acceptors (Lipinski definition) is 2. The highest BCUT2D eigenvalue weighted by Gasteiger charge is 2.10. The molecule has 0 aliphatic carbocycles. The van der Waals surface area contributed by atoms with E-state index >= 15 is 0 Å². The molecule has 0 aliphatic rings. The molecule has 17 heavy (non-hydrogen) atoms. The lowest BCUT2D eigenvalue weighted by atomic mass is 9.96. The maximum Gasteiger partial charge on any atom is 0.123 e. The van der Waals surface area contributed by atoms with Crippen LogP contribution in [0, 0.1) is 0 Å². The van der Waals surface area contributed by atoms with Gasteiger partial charge in [-0.25, -0.2) is 0 Å². The summed E-state index contributed by atoms with van der Waals surface area (Å²) in [6.45, 7) is 3.65. The topological polar surface area (TPSA) is 40.5 Å².